The van der Waals surface area contributed by atoms with Crippen molar-refractivity contribution in [3.8, 4) is 0 Å². The molecule has 3 heterocycles. The van der Waals surface area contributed by atoms with E-state index in [1.165, 1.54) is 31.4 Å². The number of nitrogens with zero attached hydrogens (tertiary/aromatic N) is 4. The molecule has 158 valence electrons. The Labute approximate surface area is 178 Å². The average Bonchev–Trinajstić information content (AvgIpc) is 3.01. The molecule has 1 N–H and O–H groups in total. The molecule has 0 aliphatic carbocycles. The van der Waals surface area contributed by atoms with Crippen molar-refractivity contribution < 1.29 is 4.79 Å². The van der Waals surface area contributed by atoms with Crippen LogP contribution in [0, 0.1) is 13.8 Å². The largest absolute Gasteiger partial charge is 0.348 e. The van der Waals surface area contributed by atoms with Gasteiger partial charge in [-0.15, -0.1) is 0 Å². The number of likely N-dealkylation sites (tertiary alicyclic amines) is 1. The van der Waals surface area contributed by atoms with Gasteiger partial charge in [0.2, 0.25) is 0 Å². The number of amides is 1. The molecule has 0 bridgehead atoms. The van der Waals surface area contributed by atoms with E-state index in [-0.39, 0.29) is 5.91 Å². The molecule has 4 rings (SSSR count). The molecule has 1 aliphatic rings. The van der Waals surface area contributed by atoms with Crippen molar-refractivity contribution in [2.75, 3.05) is 6.54 Å². The molecule has 0 radical (unpaired) electrons. The predicted molar refractivity (Wildman–Crippen MR) is 119 cm³/mol. The number of benzene rings is 1. The second kappa shape index (κ2) is 8.56. The van der Waals surface area contributed by atoms with E-state index in [1.807, 2.05) is 27.0 Å². The smallest absolute Gasteiger partial charge is 0.252 e. The molecule has 1 unspecified atom stereocenters. The fraction of sp³-hybridized carbons (Fsp3) is 0.458. The van der Waals surface area contributed by atoms with E-state index in [0.29, 0.717) is 18.2 Å². The number of fused-ring (bicyclic) bond motifs is 1. The van der Waals surface area contributed by atoms with Crippen LogP contribution in [-0.4, -0.2) is 38.2 Å². The molecule has 0 spiro atoms. The highest BCUT2D eigenvalue weighted by Crippen LogP contribution is 2.22. The Morgan fingerprint density at radius 3 is 2.63 bits per heavy atom. The molecule has 0 saturated carbocycles. The maximum absolute atomic E-state index is 12.9. The van der Waals surface area contributed by atoms with Crippen LogP contribution in [0.3, 0.4) is 0 Å². The quantitative estimate of drug-likeness (QED) is 0.700. The Kier molecular flexibility index (Phi) is 5.86. The van der Waals surface area contributed by atoms with Crippen LogP contribution < -0.4 is 5.32 Å². The van der Waals surface area contributed by atoms with Gasteiger partial charge in [-0.05, 0) is 57.4 Å². The van der Waals surface area contributed by atoms with Gasteiger partial charge < -0.3 is 5.32 Å². The molecule has 6 heteroatoms. The molecule has 3 aromatic rings. The van der Waals surface area contributed by atoms with Gasteiger partial charge in [0.1, 0.15) is 0 Å². The van der Waals surface area contributed by atoms with Crippen molar-refractivity contribution in [3.63, 3.8) is 0 Å². The standard InChI is InChI=1S/C24H31N5O/c1-16-13-21(22-18(3)27-28(4)23(22)26-16)24(30)25-14-19-8-10-20(11-9-19)15-29-12-6-5-7-17(29)2/h8-11,13,17H,5-7,12,14-15H2,1-4H3,(H,25,30). The van der Waals surface area contributed by atoms with Gasteiger partial charge in [0.15, 0.2) is 5.65 Å². The van der Waals surface area contributed by atoms with Crippen molar-refractivity contribution in [1.29, 1.82) is 0 Å². The highest BCUT2D eigenvalue weighted by atomic mass is 16.1. The number of piperidine rings is 1. The summed E-state index contributed by atoms with van der Waals surface area (Å²) in [5.41, 5.74) is 5.45. The second-order valence-corrected chi connectivity index (χ2v) is 8.53. The van der Waals surface area contributed by atoms with E-state index in [9.17, 15) is 4.79 Å². The molecule has 2 aromatic heterocycles. The lowest BCUT2D eigenvalue weighted by atomic mass is 10.0. The lowest BCUT2D eigenvalue weighted by Gasteiger charge is -2.33. The number of hydrogen-bond donors (Lipinski definition) is 1. The van der Waals surface area contributed by atoms with Crippen molar-refractivity contribution in [1.82, 2.24) is 25.0 Å². The zero-order valence-electron chi connectivity index (χ0n) is 18.4. The van der Waals surface area contributed by atoms with Gasteiger partial charge in [-0.25, -0.2) is 4.98 Å². The van der Waals surface area contributed by atoms with E-state index in [1.54, 1.807) is 4.68 Å². The summed E-state index contributed by atoms with van der Waals surface area (Å²) in [5, 5.41) is 8.32. The number of carbonyl (C=O) groups excluding carboxylic acids is 1. The molecular weight excluding hydrogens is 374 g/mol. The third-order valence-corrected chi connectivity index (χ3v) is 6.14. The summed E-state index contributed by atoms with van der Waals surface area (Å²) in [4.78, 5) is 20.0. The van der Waals surface area contributed by atoms with Crippen molar-refractivity contribution in [3.05, 3.63) is 58.4 Å². The van der Waals surface area contributed by atoms with Crippen LogP contribution in [0.4, 0.5) is 0 Å². The summed E-state index contributed by atoms with van der Waals surface area (Å²) in [6.07, 6.45) is 3.94. The molecule has 1 fully saturated rings. The summed E-state index contributed by atoms with van der Waals surface area (Å²) in [7, 11) is 1.86. The zero-order chi connectivity index (χ0) is 21.3. The number of carbonyl (C=O) groups is 1. The molecular formula is C24H31N5O. The van der Waals surface area contributed by atoms with Gasteiger partial charge in [-0.3, -0.25) is 14.4 Å². The molecule has 30 heavy (non-hydrogen) atoms. The van der Waals surface area contributed by atoms with Crippen molar-refractivity contribution in [2.45, 2.75) is 59.2 Å². The molecule has 1 aliphatic heterocycles. The minimum atomic E-state index is -0.0900. The lowest BCUT2D eigenvalue weighted by Crippen LogP contribution is -2.36. The Morgan fingerprint density at radius 2 is 1.90 bits per heavy atom. The minimum Gasteiger partial charge on any atom is -0.348 e. The maximum Gasteiger partial charge on any atom is 0.252 e. The van der Waals surface area contributed by atoms with Crippen LogP contribution in [0.1, 0.15) is 59.1 Å². The van der Waals surface area contributed by atoms with Gasteiger partial charge in [0.25, 0.3) is 5.91 Å². The van der Waals surface area contributed by atoms with E-state index >= 15 is 0 Å². The number of nitrogens with one attached hydrogen (secondary N) is 1. The number of aromatic nitrogens is 3. The van der Waals surface area contributed by atoms with Crippen LogP contribution in [-0.2, 0) is 20.1 Å². The highest BCUT2D eigenvalue weighted by molar-refractivity contribution is 6.06. The third kappa shape index (κ3) is 4.24. The third-order valence-electron chi connectivity index (χ3n) is 6.14. The highest BCUT2D eigenvalue weighted by Gasteiger charge is 2.19. The zero-order valence-corrected chi connectivity index (χ0v) is 18.4. The Hall–Kier alpha value is -2.73. The summed E-state index contributed by atoms with van der Waals surface area (Å²) in [6, 6.07) is 11.1. The van der Waals surface area contributed by atoms with Crippen LogP contribution in [0.25, 0.3) is 11.0 Å². The lowest BCUT2D eigenvalue weighted by molar-refractivity contribution is 0.0952. The van der Waals surface area contributed by atoms with Gasteiger partial charge in [-0.1, -0.05) is 30.7 Å². The summed E-state index contributed by atoms with van der Waals surface area (Å²) in [5.74, 6) is -0.0900. The summed E-state index contributed by atoms with van der Waals surface area (Å²) in [6.45, 7) is 8.83. The molecule has 1 atom stereocenters. The first kappa shape index (κ1) is 20.5. The maximum atomic E-state index is 12.9. The molecule has 1 aromatic carbocycles. The Morgan fingerprint density at radius 1 is 1.17 bits per heavy atom. The Balaban J connectivity index is 1.43. The number of hydrogen-bond acceptors (Lipinski definition) is 4. The Bertz CT molecular complexity index is 1050. The summed E-state index contributed by atoms with van der Waals surface area (Å²) < 4.78 is 1.73. The van der Waals surface area contributed by atoms with E-state index in [4.69, 9.17) is 0 Å². The van der Waals surface area contributed by atoms with Crippen molar-refractivity contribution in [2.24, 2.45) is 7.05 Å². The van der Waals surface area contributed by atoms with Gasteiger partial charge >= 0.3 is 0 Å². The molecule has 1 saturated heterocycles. The van der Waals surface area contributed by atoms with Crippen LogP contribution >= 0.6 is 0 Å². The second-order valence-electron chi connectivity index (χ2n) is 8.53. The first-order valence-electron chi connectivity index (χ1n) is 10.8. The van der Waals surface area contributed by atoms with Crippen LogP contribution in [0.2, 0.25) is 0 Å². The summed E-state index contributed by atoms with van der Waals surface area (Å²) >= 11 is 0. The van der Waals surface area contributed by atoms with E-state index in [0.717, 1.165) is 34.5 Å². The number of rotatable bonds is 5. The number of aryl methyl sites for hydroxylation is 3. The van der Waals surface area contributed by atoms with Crippen LogP contribution in [0.15, 0.2) is 30.3 Å². The van der Waals surface area contributed by atoms with Crippen molar-refractivity contribution >= 4 is 16.9 Å². The normalized spacial score (nSPS) is 17.4. The fourth-order valence-electron chi connectivity index (χ4n) is 4.42. The molecule has 6 nitrogen and oxygen atoms in total. The molecule has 1 amide bonds. The fourth-order valence-corrected chi connectivity index (χ4v) is 4.42. The van der Waals surface area contributed by atoms with E-state index in [2.05, 4.69) is 51.5 Å². The van der Waals surface area contributed by atoms with Gasteiger partial charge in [0, 0.05) is 31.9 Å². The number of pyridine rings is 1. The first-order chi connectivity index (χ1) is 14.4. The minimum absolute atomic E-state index is 0.0900. The van der Waals surface area contributed by atoms with Gasteiger partial charge in [0.05, 0.1) is 16.6 Å². The van der Waals surface area contributed by atoms with E-state index < -0.39 is 0 Å². The SMILES string of the molecule is Cc1cc(C(=O)NCc2ccc(CN3CCCCC3C)cc2)c2c(C)nn(C)c2n1. The van der Waals surface area contributed by atoms with Gasteiger partial charge in [-0.2, -0.15) is 5.10 Å². The predicted octanol–water partition coefficient (Wildman–Crippen LogP) is 3.89. The topological polar surface area (TPSA) is 63.1 Å². The van der Waals surface area contributed by atoms with Crippen LogP contribution in [0.5, 0.6) is 0 Å². The monoisotopic (exact) mass is 405 g/mol. The first-order valence-corrected chi connectivity index (χ1v) is 10.8. The average molecular weight is 406 g/mol.